The van der Waals surface area contributed by atoms with Crippen molar-refractivity contribution in [1.82, 2.24) is 4.98 Å². The van der Waals surface area contributed by atoms with Crippen LogP contribution in [0.15, 0.2) is 72.0 Å². The highest BCUT2D eigenvalue weighted by Crippen LogP contribution is 2.34. The first-order valence-electron chi connectivity index (χ1n) is 8.12. The third kappa shape index (κ3) is 3.09. The lowest BCUT2D eigenvalue weighted by Crippen LogP contribution is -2.38. The van der Waals surface area contributed by atoms with Gasteiger partial charge in [0.2, 0.25) is 5.66 Å². The van der Waals surface area contributed by atoms with E-state index in [1.54, 1.807) is 30.6 Å². The Morgan fingerprint density at radius 1 is 1.15 bits per heavy atom. The van der Waals surface area contributed by atoms with Gasteiger partial charge in [0.15, 0.2) is 0 Å². The topological polar surface area (TPSA) is 73.1 Å². The van der Waals surface area contributed by atoms with E-state index < -0.39 is 11.5 Å². The first-order chi connectivity index (χ1) is 13.1. The van der Waals surface area contributed by atoms with Gasteiger partial charge in [-0.1, -0.05) is 29.8 Å². The molecule has 0 spiro atoms. The predicted octanol–water partition coefficient (Wildman–Crippen LogP) is 4.53. The maximum atomic E-state index is 13.5. The normalized spacial score (nSPS) is 17.9. The number of benzene rings is 2. The molecule has 4 rings (SSSR count). The number of nitrogens with zero attached hydrogens (tertiary/aromatic N) is 3. The third-order valence-corrected chi connectivity index (χ3v) is 4.49. The number of nitriles is 1. The smallest absolute Gasteiger partial charge is 0.247 e. The third-order valence-electron chi connectivity index (χ3n) is 4.20. The Morgan fingerprint density at radius 2 is 2.00 bits per heavy atom. The van der Waals surface area contributed by atoms with Crippen LogP contribution in [0.3, 0.4) is 0 Å². The monoisotopic (exact) mass is 377 g/mol. The molecular formula is C20H13ClFN5. The summed E-state index contributed by atoms with van der Waals surface area (Å²) in [4.78, 5) is 8.75. The molecule has 1 aromatic heterocycles. The number of amidine groups is 1. The van der Waals surface area contributed by atoms with E-state index in [1.165, 1.54) is 12.1 Å². The lowest BCUT2D eigenvalue weighted by atomic mass is 9.98. The summed E-state index contributed by atoms with van der Waals surface area (Å²) in [5.74, 6) is -0.0333. The SMILES string of the molecule is N#CC1(c2cccnc2)N=C(Nc2ccc(F)c(Cl)c2)c2ccccc2N1. The van der Waals surface area contributed by atoms with Crippen molar-refractivity contribution in [2.45, 2.75) is 5.66 Å². The van der Waals surface area contributed by atoms with E-state index in [2.05, 4.69) is 26.7 Å². The zero-order chi connectivity index (χ0) is 18.9. The van der Waals surface area contributed by atoms with Gasteiger partial charge < -0.3 is 10.6 Å². The van der Waals surface area contributed by atoms with Crippen molar-refractivity contribution in [3.63, 3.8) is 0 Å². The molecule has 2 heterocycles. The molecule has 3 aromatic rings. The van der Waals surface area contributed by atoms with Crippen molar-refractivity contribution in [3.05, 3.63) is 89.0 Å². The average Bonchev–Trinajstić information content (AvgIpc) is 2.71. The second kappa shape index (κ2) is 6.71. The van der Waals surface area contributed by atoms with E-state index in [-0.39, 0.29) is 5.02 Å². The van der Waals surface area contributed by atoms with E-state index in [9.17, 15) is 9.65 Å². The van der Waals surface area contributed by atoms with Gasteiger partial charge in [-0.2, -0.15) is 5.26 Å². The number of hydrogen-bond acceptors (Lipinski definition) is 5. The molecule has 27 heavy (non-hydrogen) atoms. The number of anilines is 2. The van der Waals surface area contributed by atoms with Crippen LogP contribution in [0, 0.1) is 17.1 Å². The van der Waals surface area contributed by atoms with Crippen LogP contribution in [-0.4, -0.2) is 10.8 Å². The minimum absolute atomic E-state index is 0.00151. The molecule has 2 aromatic carbocycles. The Labute approximate surface area is 160 Å². The Hall–Kier alpha value is -3.43. The van der Waals surface area contributed by atoms with Crippen LogP contribution < -0.4 is 10.6 Å². The number of rotatable bonds is 2. The molecule has 1 atom stereocenters. The molecule has 1 unspecified atom stereocenters. The predicted molar refractivity (Wildman–Crippen MR) is 103 cm³/mol. The molecule has 0 saturated heterocycles. The molecule has 0 bridgehead atoms. The van der Waals surface area contributed by atoms with Crippen LogP contribution >= 0.6 is 11.6 Å². The molecule has 132 valence electrons. The molecule has 1 aliphatic rings. The van der Waals surface area contributed by atoms with Crippen LogP contribution in [0.4, 0.5) is 15.8 Å². The second-order valence-electron chi connectivity index (χ2n) is 5.95. The Balaban J connectivity index is 1.84. The van der Waals surface area contributed by atoms with Crippen LogP contribution in [0.25, 0.3) is 0 Å². The van der Waals surface area contributed by atoms with E-state index in [1.807, 2.05) is 24.3 Å². The molecular weight excluding hydrogens is 365 g/mol. The van der Waals surface area contributed by atoms with Crippen molar-refractivity contribution in [3.8, 4) is 6.07 Å². The number of hydrogen-bond donors (Lipinski definition) is 2. The van der Waals surface area contributed by atoms with Gasteiger partial charge >= 0.3 is 0 Å². The lowest BCUT2D eigenvalue weighted by Gasteiger charge is -2.32. The summed E-state index contributed by atoms with van der Waals surface area (Å²) >= 11 is 5.88. The number of nitrogens with one attached hydrogen (secondary N) is 2. The summed E-state index contributed by atoms with van der Waals surface area (Å²) in [5.41, 5.74) is 1.36. The second-order valence-corrected chi connectivity index (χ2v) is 6.36. The maximum absolute atomic E-state index is 13.5. The van der Waals surface area contributed by atoms with E-state index in [0.29, 0.717) is 17.1 Å². The molecule has 0 fully saturated rings. The minimum Gasteiger partial charge on any atom is -0.345 e. The van der Waals surface area contributed by atoms with E-state index in [4.69, 9.17) is 11.6 Å². The number of fused-ring (bicyclic) bond motifs is 1. The van der Waals surface area contributed by atoms with Gasteiger partial charge in [-0.05, 0) is 36.4 Å². The fourth-order valence-electron chi connectivity index (χ4n) is 2.89. The molecule has 5 nitrogen and oxygen atoms in total. The first kappa shape index (κ1) is 17.0. The maximum Gasteiger partial charge on any atom is 0.247 e. The van der Waals surface area contributed by atoms with Gasteiger partial charge in [-0.3, -0.25) is 4.98 Å². The number of halogens is 2. The number of aromatic nitrogens is 1. The molecule has 1 aliphatic heterocycles. The highest BCUT2D eigenvalue weighted by atomic mass is 35.5. The highest BCUT2D eigenvalue weighted by Gasteiger charge is 2.37. The lowest BCUT2D eigenvalue weighted by molar-refractivity contribution is 0.628. The molecule has 0 aliphatic carbocycles. The Morgan fingerprint density at radius 3 is 2.74 bits per heavy atom. The van der Waals surface area contributed by atoms with Gasteiger partial charge in [0, 0.05) is 34.9 Å². The summed E-state index contributed by atoms with van der Waals surface area (Å²) in [7, 11) is 0. The number of aliphatic imine (C=N–C) groups is 1. The van der Waals surface area contributed by atoms with Gasteiger partial charge in [0.25, 0.3) is 0 Å². The summed E-state index contributed by atoms with van der Waals surface area (Å²) in [6.45, 7) is 0. The fourth-order valence-corrected chi connectivity index (χ4v) is 3.07. The van der Waals surface area contributed by atoms with Gasteiger partial charge in [0.05, 0.1) is 5.02 Å². The van der Waals surface area contributed by atoms with Crippen molar-refractivity contribution >= 4 is 28.8 Å². The molecule has 0 radical (unpaired) electrons. The summed E-state index contributed by atoms with van der Waals surface area (Å²) in [6, 6.07) is 17.6. The largest absolute Gasteiger partial charge is 0.345 e. The van der Waals surface area contributed by atoms with Crippen molar-refractivity contribution in [2.75, 3.05) is 10.6 Å². The van der Waals surface area contributed by atoms with Gasteiger partial charge in [-0.15, -0.1) is 0 Å². The number of para-hydroxylation sites is 1. The highest BCUT2D eigenvalue weighted by molar-refractivity contribution is 6.31. The van der Waals surface area contributed by atoms with Crippen LogP contribution in [0.2, 0.25) is 5.02 Å². The first-order valence-corrected chi connectivity index (χ1v) is 8.50. The molecule has 0 saturated carbocycles. The summed E-state index contributed by atoms with van der Waals surface area (Å²) in [6.07, 6.45) is 3.23. The van der Waals surface area contributed by atoms with E-state index in [0.717, 1.165) is 11.3 Å². The van der Waals surface area contributed by atoms with Crippen molar-refractivity contribution in [1.29, 1.82) is 5.26 Å². The number of pyridine rings is 1. The van der Waals surface area contributed by atoms with Crippen LogP contribution in [0.1, 0.15) is 11.1 Å². The molecule has 7 heteroatoms. The standard InChI is InChI=1S/C20H13ClFN5/c21-16-10-14(7-8-17(16)22)25-19-15-5-1-2-6-18(15)26-20(12-23,27-19)13-4-3-9-24-11-13/h1-11,26H,(H,25,27). The quantitative estimate of drug-likeness (QED) is 0.688. The Kier molecular flexibility index (Phi) is 4.22. The Bertz CT molecular complexity index is 1080. The summed E-state index contributed by atoms with van der Waals surface area (Å²) in [5, 5.41) is 16.3. The van der Waals surface area contributed by atoms with Gasteiger partial charge in [0.1, 0.15) is 17.7 Å². The fraction of sp³-hybridized carbons (Fsp3) is 0.0500. The van der Waals surface area contributed by atoms with Crippen molar-refractivity contribution in [2.24, 2.45) is 4.99 Å². The van der Waals surface area contributed by atoms with E-state index >= 15 is 0 Å². The van der Waals surface area contributed by atoms with Gasteiger partial charge in [-0.25, -0.2) is 9.38 Å². The molecule has 2 N–H and O–H groups in total. The minimum atomic E-state index is -1.34. The molecule has 0 amide bonds. The summed E-state index contributed by atoms with van der Waals surface area (Å²) < 4.78 is 13.5. The van der Waals surface area contributed by atoms with Crippen molar-refractivity contribution < 1.29 is 4.39 Å². The average molecular weight is 378 g/mol. The van der Waals surface area contributed by atoms with Crippen LogP contribution in [-0.2, 0) is 5.66 Å². The van der Waals surface area contributed by atoms with Crippen LogP contribution in [0.5, 0.6) is 0 Å². The zero-order valence-electron chi connectivity index (χ0n) is 13.9. The zero-order valence-corrected chi connectivity index (χ0v) is 14.7.